The Hall–Kier alpha value is -0.0500. The third-order valence-corrected chi connectivity index (χ3v) is 4.15. The highest BCUT2D eigenvalue weighted by atomic mass is 35.5. The Morgan fingerprint density at radius 3 is 2.60 bits per heavy atom. The fourth-order valence-electron chi connectivity index (χ4n) is 1.66. The molecule has 82 valence electrons. The van der Waals surface area contributed by atoms with Gasteiger partial charge >= 0.3 is 0 Å². The molecule has 1 fully saturated rings. The third kappa shape index (κ3) is 3.47. The maximum absolute atomic E-state index is 5.92. The predicted molar refractivity (Wildman–Crippen MR) is 70.4 cm³/mol. The highest BCUT2D eigenvalue weighted by Gasteiger charge is 2.14. The third-order valence-electron chi connectivity index (χ3n) is 2.48. The molecule has 1 nitrogen and oxygen atoms in total. The number of thioether (sulfide) groups is 1. The maximum Gasteiger partial charge on any atom is 0.0441 e. The Balaban J connectivity index is 1.92. The van der Waals surface area contributed by atoms with Crippen molar-refractivity contribution in [2.45, 2.75) is 6.42 Å². The van der Waals surface area contributed by atoms with Gasteiger partial charge in [0.05, 0.1) is 0 Å². The van der Waals surface area contributed by atoms with Crippen molar-refractivity contribution in [3.8, 4) is 0 Å². The van der Waals surface area contributed by atoms with Gasteiger partial charge in [0, 0.05) is 22.3 Å². The quantitative estimate of drug-likeness (QED) is 0.877. The van der Waals surface area contributed by atoms with E-state index in [1.54, 1.807) is 6.07 Å². The molecule has 1 aromatic carbocycles. The minimum absolute atomic E-state index is 0.686. The van der Waals surface area contributed by atoms with Crippen LogP contribution in [0.15, 0.2) is 18.2 Å². The van der Waals surface area contributed by atoms with Gasteiger partial charge in [-0.3, -0.25) is 0 Å². The highest BCUT2D eigenvalue weighted by molar-refractivity contribution is 7.99. The van der Waals surface area contributed by atoms with Gasteiger partial charge in [-0.15, -0.1) is 0 Å². The number of hydrogen-bond acceptors (Lipinski definition) is 2. The summed E-state index contributed by atoms with van der Waals surface area (Å²) < 4.78 is 0. The van der Waals surface area contributed by atoms with Crippen LogP contribution in [0.1, 0.15) is 6.42 Å². The summed E-state index contributed by atoms with van der Waals surface area (Å²) in [5, 5.41) is 4.76. The summed E-state index contributed by atoms with van der Waals surface area (Å²) in [6.07, 6.45) is 1.31. The van der Waals surface area contributed by atoms with Crippen LogP contribution in [0.5, 0.6) is 0 Å². The summed E-state index contributed by atoms with van der Waals surface area (Å²) in [6.45, 7) is 1.02. The number of rotatable bonds is 3. The van der Waals surface area contributed by atoms with Gasteiger partial charge in [-0.1, -0.05) is 23.2 Å². The number of anilines is 1. The molecule has 15 heavy (non-hydrogen) atoms. The number of benzene rings is 1. The Labute approximate surface area is 105 Å². The lowest BCUT2D eigenvalue weighted by atomic mass is 10.1. The highest BCUT2D eigenvalue weighted by Crippen LogP contribution is 2.26. The molecule has 1 N–H and O–H groups in total. The SMILES string of the molecule is Clc1cc(Cl)cc(NCC2CCSC2)c1. The first kappa shape index (κ1) is 11.4. The maximum atomic E-state index is 5.92. The molecular weight excluding hydrogens is 249 g/mol. The van der Waals surface area contributed by atoms with E-state index in [1.807, 2.05) is 23.9 Å². The summed E-state index contributed by atoms with van der Waals surface area (Å²) in [4.78, 5) is 0. The van der Waals surface area contributed by atoms with Crippen molar-refractivity contribution in [1.29, 1.82) is 0 Å². The van der Waals surface area contributed by atoms with Gasteiger partial charge in [-0.25, -0.2) is 0 Å². The van der Waals surface area contributed by atoms with E-state index >= 15 is 0 Å². The molecule has 0 saturated carbocycles. The molecule has 0 aromatic heterocycles. The fourth-order valence-corrected chi connectivity index (χ4v) is 3.47. The van der Waals surface area contributed by atoms with Gasteiger partial charge in [0.15, 0.2) is 0 Å². The van der Waals surface area contributed by atoms with E-state index in [-0.39, 0.29) is 0 Å². The predicted octanol–water partition coefficient (Wildman–Crippen LogP) is 4.16. The Kier molecular flexibility index (Phi) is 4.06. The van der Waals surface area contributed by atoms with Crippen LogP contribution in [-0.4, -0.2) is 18.1 Å². The van der Waals surface area contributed by atoms with Crippen molar-refractivity contribution < 1.29 is 0 Å². The van der Waals surface area contributed by atoms with Crippen LogP contribution < -0.4 is 5.32 Å². The molecular formula is C11H13Cl2NS. The largest absolute Gasteiger partial charge is 0.385 e. The smallest absolute Gasteiger partial charge is 0.0441 e. The first-order valence-corrected chi connectivity index (χ1v) is 6.93. The summed E-state index contributed by atoms with van der Waals surface area (Å²) >= 11 is 13.9. The lowest BCUT2D eigenvalue weighted by Gasteiger charge is -2.11. The average molecular weight is 262 g/mol. The molecule has 1 aromatic rings. The summed E-state index contributed by atoms with van der Waals surface area (Å²) in [7, 11) is 0. The summed E-state index contributed by atoms with van der Waals surface area (Å²) in [6, 6.07) is 5.57. The van der Waals surface area contributed by atoms with Crippen molar-refractivity contribution in [3.05, 3.63) is 28.2 Å². The molecule has 0 spiro atoms. The lowest BCUT2D eigenvalue weighted by molar-refractivity contribution is 0.632. The van der Waals surface area contributed by atoms with Gasteiger partial charge in [0.2, 0.25) is 0 Å². The molecule has 0 amide bonds. The van der Waals surface area contributed by atoms with Gasteiger partial charge in [0.25, 0.3) is 0 Å². The van der Waals surface area contributed by atoms with Crippen molar-refractivity contribution in [2.75, 3.05) is 23.4 Å². The normalized spacial score (nSPS) is 20.5. The zero-order chi connectivity index (χ0) is 10.7. The number of nitrogens with one attached hydrogen (secondary N) is 1. The van der Waals surface area contributed by atoms with E-state index in [2.05, 4.69) is 5.32 Å². The molecule has 1 heterocycles. The summed E-state index contributed by atoms with van der Waals surface area (Å²) in [5.74, 6) is 3.34. The first-order valence-electron chi connectivity index (χ1n) is 5.02. The van der Waals surface area contributed by atoms with Gasteiger partial charge in [0.1, 0.15) is 0 Å². The second kappa shape index (κ2) is 5.33. The molecule has 0 radical (unpaired) electrons. The molecule has 1 aliphatic rings. The average Bonchev–Trinajstić information content (AvgIpc) is 2.65. The second-order valence-corrected chi connectivity index (χ2v) is 5.79. The fraction of sp³-hybridized carbons (Fsp3) is 0.455. The van der Waals surface area contributed by atoms with Crippen molar-refractivity contribution >= 4 is 40.7 Å². The molecule has 1 aliphatic heterocycles. The van der Waals surface area contributed by atoms with Crippen molar-refractivity contribution in [3.63, 3.8) is 0 Å². The Bertz CT molecular complexity index is 317. The van der Waals surface area contributed by atoms with Gasteiger partial charge in [-0.2, -0.15) is 11.8 Å². The van der Waals surface area contributed by atoms with Crippen LogP contribution in [0, 0.1) is 5.92 Å². The van der Waals surface area contributed by atoms with Crippen LogP contribution in [0.25, 0.3) is 0 Å². The van der Waals surface area contributed by atoms with E-state index in [4.69, 9.17) is 23.2 Å². The minimum atomic E-state index is 0.686. The summed E-state index contributed by atoms with van der Waals surface area (Å²) in [5.41, 5.74) is 1.02. The number of hydrogen-bond donors (Lipinski definition) is 1. The van der Waals surface area contributed by atoms with Crippen molar-refractivity contribution in [1.82, 2.24) is 0 Å². The van der Waals surface area contributed by atoms with Crippen LogP contribution in [0.4, 0.5) is 5.69 Å². The zero-order valence-electron chi connectivity index (χ0n) is 8.30. The minimum Gasteiger partial charge on any atom is -0.385 e. The van der Waals surface area contributed by atoms with Crippen LogP contribution >= 0.6 is 35.0 Å². The lowest BCUT2D eigenvalue weighted by Crippen LogP contribution is -2.13. The standard InChI is InChI=1S/C11H13Cl2NS/c12-9-3-10(13)5-11(4-9)14-6-8-1-2-15-7-8/h3-5,8,14H,1-2,6-7H2. The molecule has 0 bridgehead atoms. The number of halogens is 2. The Morgan fingerprint density at radius 2 is 2.00 bits per heavy atom. The Morgan fingerprint density at radius 1 is 1.27 bits per heavy atom. The van der Waals surface area contributed by atoms with Gasteiger partial charge < -0.3 is 5.32 Å². The van der Waals surface area contributed by atoms with Crippen LogP contribution in [-0.2, 0) is 0 Å². The van der Waals surface area contributed by atoms with E-state index in [1.165, 1.54) is 17.9 Å². The monoisotopic (exact) mass is 261 g/mol. The molecule has 4 heteroatoms. The first-order chi connectivity index (χ1) is 7.24. The van der Waals surface area contributed by atoms with E-state index in [9.17, 15) is 0 Å². The molecule has 1 saturated heterocycles. The molecule has 1 unspecified atom stereocenters. The zero-order valence-corrected chi connectivity index (χ0v) is 10.6. The second-order valence-electron chi connectivity index (χ2n) is 3.77. The van der Waals surface area contributed by atoms with Crippen molar-refractivity contribution in [2.24, 2.45) is 5.92 Å². The van der Waals surface area contributed by atoms with E-state index in [0.29, 0.717) is 10.0 Å². The van der Waals surface area contributed by atoms with Gasteiger partial charge in [-0.05, 0) is 42.0 Å². The van der Waals surface area contributed by atoms with Crippen LogP contribution in [0.2, 0.25) is 10.0 Å². The van der Waals surface area contributed by atoms with E-state index in [0.717, 1.165) is 18.2 Å². The topological polar surface area (TPSA) is 12.0 Å². The van der Waals surface area contributed by atoms with Crippen LogP contribution in [0.3, 0.4) is 0 Å². The molecule has 0 aliphatic carbocycles. The molecule has 2 rings (SSSR count). The molecule has 1 atom stereocenters. The van der Waals surface area contributed by atoms with E-state index < -0.39 is 0 Å².